The van der Waals surface area contributed by atoms with Crippen LogP contribution in [-0.4, -0.2) is 17.7 Å². The summed E-state index contributed by atoms with van der Waals surface area (Å²) in [4.78, 5) is 12.1. The summed E-state index contributed by atoms with van der Waals surface area (Å²) >= 11 is 0. The van der Waals surface area contributed by atoms with Gasteiger partial charge in [-0.2, -0.15) is 4.40 Å². The molecule has 0 saturated carbocycles. The molecule has 1 N–H and O–H groups in total. The summed E-state index contributed by atoms with van der Waals surface area (Å²) in [6, 6.07) is 9.19. The molecule has 0 amide bonds. The highest BCUT2D eigenvalue weighted by Gasteiger charge is 2.26. The van der Waals surface area contributed by atoms with Crippen LogP contribution in [-0.2, 0) is 4.74 Å². The van der Waals surface area contributed by atoms with Gasteiger partial charge in [-0.1, -0.05) is 0 Å². The monoisotopic (exact) mass is 321 g/mol. The number of ether oxygens (including phenoxy) is 1. The van der Waals surface area contributed by atoms with Crippen LogP contribution in [0.15, 0.2) is 42.6 Å². The van der Waals surface area contributed by atoms with Crippen LogP contribution in [0.3, 0.4) is 0 Å². The van der Waals surface area contributed by atoms with Crippen molar-refractivity contribution in [3.05, 3.63) is 54.0 Å². The molecule has 0 radical (unpaired) electrons. The van der Waals surface area contributed by atoms with E-state index >= 15 is 0 Å². The van der Waals surface area contributed by atoms with Gasteiger partial charge in [0.1, 0.15) is 5.82 Å². The number of benzene rings is 1. The molecule has 2 aromatic heterocycles. The van der Waals surface area contributed by atoms with Crippen molar-refractivity contribution < 1.29 is 35.8 Å². The summed E-state index contributed by atoms with van der Waals surface area (Å²) in [7, 11) is 0. The van der Waals surface area contributed by atoms with Crippen molar-refractivity contribution in [1.82, 2.24) is 0 Å². The molecule has 0 aliphatic carbocycles. The number of pyridine rings is 2. The number of aromatic hydroxyl groups is 1. The Bertz CT molecular complexity index is 867. The lowest BCUT2D eigenvalue weighted by molar-refractivity contribution is -0.481. The van der Waals surface area contributed by atoms with Gasteiger partial charge >= 0.3 is 5.97 Å². The van der Waals surface area contributed by atoms with Gasteiger partial charge < -0.3 is 22.3 Å². The van der Waals surface area contributed by atoms with Crippen molar-refractivity contribution in [3.63, 3.8) is 0 Å². The number of carbonyl (C=O) groups excluding carboxylic acids is 1. The average Bonchev–Trinajstić information content (AvgIpc) is 2.47. The zero-order valence-electron chi connectivity index (χ0n) is 11.7. The molecular weight excluding hydrogens is 309 g/mol. The molecule has 4 nitrogen and oxygen atoms in total. The molecule has 0 aliphatic heterocycles. The van der Waals surface area contributed by atoms with Crippen LogP contribution < -0.4 is 16.8 Å². The van der Waals surface area contributed by atoms with E-state index in [2.05, 4.69) is 0 Å². The van der Waals surface area contributed by atoms with Crippen molar-refractivity contribution >= 4 is 22.4 Å². The molecule has 0 unspecified atom stereocenters. The van der Waals surface area contributed by atoms with Gasteiger partial charge in [0.15, 0.2) is 17.5 Å². The number of esters is 1. The summed E-state index contributed by atoms with van der Waals surface area (Å²) in [5.41, 5.74) is 1.03. The van der Waals surface area contributed by atoms with Crippen LogP contribution >= 0.6 is 0 Å². The van der Waals surface area contributed by atoms with Crippen LogP contribution in [0.1, 0.15) is 17.3 Å². The molecule has 1 aromatic carbocycles. The molecule has 0 aliphatic rings. The smallest absolute Gasteiger partial charge is 0.348 e. The molecule has 0 saturated heterocycles. The maximum atomic E-state index is 13.5. The number of halogens is 2. The first kappa shape index (κ1) is 16.0. The van der Waals surface area contributed by atoms with Crippen LogP contribution in [0.5, 0.6) is 5.75 Å². The Morgan fingerprint density at radius 1 is 1.27 bits per heavy atom. The predicted octanol–water partition coefficient (Wildman–Crippen LogP) is -0.396. The van der Waals surface area contributed by atoms with E-state index in [1.54, 1.807) is 35.7 Å². The van der Waals surface area contributed by atoms with Crippen molar-refractivity contribution in [2.75, 3.05) is 6.61 Å². The molecule has 22 heavy (non-hydrogen) atoms. The van der Waals surface area contributed by atoms with Gasteiger partial charge in [0.25, 0.3) is 0 Å². The molecule has 3 aromatic rings. The zero-order chi connectivity index (χ0) is 15.0. The molecular formula is C16H13ClFNO3. The number of hydrogen-bond donors (Lipinski definition) is 1. The fraction of sp³-hybridized carbons (Fsp3) is 0.125. The van der Waals surface area contributed by atoms with E-state index < -0.39 is 11.8 Å². The lowest BCUT2D eigenvalue weighted by Crippen LogP contribution is -3.00. The number of hydrogen-bond acceptors (Lipinski definition) is 3. The standard InChI is InChI=1S/C16H12FNO3.ClH/c1-2-21-16(20)14-12-5-3-4-8-18(12)13-9-10(17)6-7-11(13)15(14)19;/h3-9H,2H2,1H3;1H. The Balaban J connectivity index is 0.00000176. The summed E-state index contributed by atoms with van der Waals surface area (Å²) in [5, 5.41) is 10.8. The first-order valence-electron chi connectivity index (χ1n) is 6.55. The number of carbonyl (C=O) groups is 1. The third-order valence-corrected chi connectivity index (χ3v) is 3.31. The second-order valence-electron chi connectivity index (χ2n) is 4.56. The molecule has 3 rings (SSSR count). The van der Waals surface area contributed by atoms with E-state index in [0.717, 1.165) is 0 Å². The summed E-state index contributed by atoms with van der Waals surface area (Å²) in [6.07, 6.45) is 1.71. The minimum absolute atomic E-state index is 0. The van der Waals surface area contributed by atoms with E-state index in [4.69, 9.17) is 4.74 Å². The van der Waals surface area contributed by atoms with Gasteiger partial charge in [0.05, 0.1) is 12.0 Å². The number of nitrogens with zero attached hydrogens (tertiary/aromatic N) is 1. The van der Waals surface area contributed by atoms with Gasteiger partial charge in [-0.15, -0.1) is 0 Å². The highest BCUT2D eigenvalue weighted by Crippen LogP contribution is 2.30. The number of rotatable bonds is 2. The number of fused-ring (bicyclic) bond motifs is 3. The van der Waals surface area contributed by atoms with Gasteiger partial charge in [-0.25, -0.2) is 9.18 Å². The topological polar surface area (TPSA) is 50.6 Å². The molecule has 6 heteroatoms. The number of aromatic nitrogens is 1. The van der Waals surface area contributed by atoms with Crippen molar-refractivity contribution in [2.24, 2.45) is 0 Å². The SMILES string of the molecule is CCOC(=O)c1c(O)c2ccc(F)cc2[n+]2ccccc12.[Cl-]. The Kier molecular flexibility index (Phi) is 4.47. The van der Waals surface area contributed by atoms with Crippen molar-refractivity contribution in [2.45, 2.75) is 6.92 Å². The Morgan fingerprint density at radius 3 is 2.77 bits per heavy atom. The largest absolute Gasteiger partial charge is 1.00 e. The molecule has 0 atom stereocenters. The molecule has 2 heterocycles. The van der Waals surface area contributed by atoms with E-state index in [-0.39, 0.29) is 30.3 Å². The van der Waals surface area contributed by atoms with Crippen LogP contribution in [0.25, 0.3) is 16.4 Å². The lowest BCUT2D eigenvalue weighted by atomic mass is 10.1. The molecule has 0 fully saturated rings. The average molecular weight is 322 g/mol. The second kappa shape index (κ2) is 6.15. The minimum Gasteiger partial charge on any atom is -1.00 e. The first-order chi connectivity index (χ1) is 10.1. The van der Waals surface area contributed by atoms with Crippen LogP contribution in [0, 0.1) is 5.82 Å². The third kappa shape index (κ3) is 2.44. The maximum Gasteiger partial charge on any atom is 0.348 e. The van der Waals surface area contributed by atoms with Gasteiger partial charge in [0, 0.05) is 18.2 Å². The summed E-state index contributed by atoms with van der Waals surface area (Å²) in [6.45, 7) is 1.90. The Hall–Kier alpha value is -2.40. The van der Waals surface area contributed by atoms with Crippen LogP contribution in [0.4, 0.5) is 4.39 Å². The lowest BCUT2D eigenvalue weighted by Gasteiger charge is -2.07. The summed E-state index contributed by atoms with van der Waals surface area (Å²) < 4.78 is 20.1. The van der Waals surface area contributed by atoms with Gasteiger partial charge in [-0.3, -0.25) is 0 Å². The first-order valence-corrected chi connectivity index (χ1v) is 6.55. The fourth-order valence-corrected chi connectivity index (χ4v) is 2.42. The van der Waals surface area contributed by atoms with E-state index in [9.17, 15) is 14.3 Å². The Labute approximate surface area is 132 Å². The predicted molar refractivity (Wildman–Crippen MR) is 74.7 cm³/mol. The minimum atomic E-state index is -0.607. The highest BCUT2D eigenvalue weighted by atomic mass is 35.5. The zero-order valence-corrected chi connectivity index (χ0v) is 12.5. The van der Waals surface area contributed by atoms with Crippen LogP contribution in [0.2, 0.25) is 0 Å². The van der Waals surface area contributed by atoms with E-state index in [1.165, 1.54) is 18.2 Å². The van der Waals surface area contributed by atoms with E-state index in [1.807, 2.05) is 0 Å². The maximum absolute atomic E-state index is 13.5. The second-order valence-corrected chi connectivity index (χ2v) is 4.56. The third-order valence-electron chi connectivity index (χ3n) is 3.31. The molecule has 0 spiro atoms. The van der Waals surface area contributed by atoms with Gasteiger partial charge in [0.2, 0.25) is 11.0 Å². The summed E-state index contributed by atoms with van der Waals surface area (Å²) in [5.74, 6) is -1.22. The van der Waals surface area contributed by atoms with Gasteiger partial charge in [-0.05, 0) is 25.1 Å². The quantitative estimate of drug-likeness (QED) is 0.397. The van der Waals surface area contributed by atoms with E-state index in [0.29, 0.717) is 16.4 Å². The molecule has 0 bridgehead atoms. The molecule has 114 valence electrons. The normalized spacial score (nSPS) is 10.5. The van der Waals surface area contributed by atoms with Crippen molar-refractivity contribution in [3.8, 4) is 5.75 Å². The fourth-order valence-electron chi connectivity index (χ4n) is 2.42. The Morgan fingerprint density at radius 2 is 2.05 bits per heavy atom. The highest BCUT2D eigenvalue weighted by molar-refractivity contribution is 6.04. The van der Waals surface area contributed by atoms with Crippen molar-refractivity contribution in [1.29, 1.82) is 0 Å².